The predicted molar refractivity (Wildman–Crippen MR) is 114 cm³/mol. The number of hydrogen-bond donors (Lipinski definition) is 1. The van der Waals surface area contributed by atoms with E-state index in [2.05, 4.69) is 5.32 Å². The minimum absolute atomic E-state index is 0.226. The number of benzene rings is 1. The van der Waals surface area contributed by atoms with Crippen molar-refractivity contribution in [2.75, 3.05) is 19.0 Å². The van der Waals surface area contributed by atoms with Gasteiger partial charge in [0.2, 0.25) is 0 Å². The lowest BCUT2D eigenvalue weighted by atomic mass is 10.0. The van der Waals surface area contributed by atoms with Crippen LogP contribution in [0, 0.1) is 13.8 Å². The number of esters is 1. The molecule has 0 bridgehead atoms. The molecule has 0 aliphatic carbocycles. The lowest BCUT2D eigenvalue weighted by molar-refractivity contribution is 0.0529. The van der Waals surface area contributed by atoms with Gasteiger partial charge < -0.3 is 14.8 Å². The van der Waals surface area contributed by atoms with Crippen LogP contribution in [0.1, 0.15) is 38.1 Å². The first-order valence-electron chi connectivity index (χ1n) is 8.75. The summed E-state index contributed by atoms with van der Waals surface area (Å²) < 4.78 is 10.4. The van der Waals surface area contributed by atoms with Crippen molar-refractivity contribution < 1.29 is 19.1 Å². The van der Waals surface area contributed by atoms with E-state index < -0.39 is 5.97 Å². The maximum Gasteiger partial charge on any atom is 0.341 e. The molecule has 0 unspecified atom stereocenters. The summed E-state index contributed by atoms with van der Waals surface area (Å²) in [5.41, 5.74) is 3.52. The normalized spacial score (nSPS) is 10.6. The SMILES string of the molecule is CCOC(=O)c1c(-c2ccc(OC)cc2)csc1NC(=O)c1csc(C)c1C. The number of hydrogen-bond acceptors (Lipinski definition) is 6. The third-order valence-electron chi connectivity index (χ3n) is 4.43. The van der Waals surface area contributed by atoms with Crippen LogP contribution in [-0.4, -0.2) is 25.6 Å². The number of anilines is 1. The topological polar surface area (TPSA) is 64.6 Å². The molecule has 0 radical (unpaired) electrons. The molecule has 1 amide bonds. The fourth-order valence-corrected chi connectivity index (χ4v) is 4.56. The number of amides is 1. The van der Waals surface area contributed by atoms with Crippen molar-refractivity contribution in [3.05, 3.63) is 56.6 Å². The molecule has 2 heterocycles. The lowest BCUT2D eigenvalue weighted by Crippen LogP contribution is -2.15. The Morgan fingerprint density at radius 1 is 1.07 bits per heavy atom. The number of ether oxygens (including phenoxy) is 2. The van der Waals surface area contributed by atoms with Gasteiger partial charge in [-0.1, -0.05) is 12.1 Å². The maximum atomic E-state index is 12.7. The fourth-order valence-electron chi connectivity index (χ4n) is 2.75. The average molecular weight is 416 g/mol. The molecule has 0 saturated carbocycles. The van der Waals surface area contributed by atoms with Gasteiger partial charge in [-0.25, -0.2) is 4.79 Å². The van der Waals surface area contributed by atoms with Crippen LogP contribution in [0.4, 0.5) is 5.00 Å². The Bertz CT molecular complexity index is 1000. The molecule has 1 N–H and O–H groups in total. The van der Waals surface area contributed by atoms with Gasteiger partial charge in [0.05, 0.1) is 19.3 Å². The summed E-state index contributed by atoms with van der Waals surface area (Å²) in [5, 5.41) is 7.07. The van der Waals surface area contributed by atoms with Crippen molar-refractivity contribution in [1.82, 2.24) is 0 Å². The summed E-state index contributed by atoms with van der Waals surface area (Å²) >= 11 is 2.84. The summed E-state index contributed by atoms with van der Waals surface area (Å²) in [4.78, 5) is 26.5. The third kappa shape index (κ3) is 3.95. The number of thiophene rings is 2. The van der Waals surface area contributed by atoms with E-state index in [4.69, 9.17) is 9.47 Å². The van der Waals surface area contributed by atoms with Crippen LogP contribution in [0.5, 0.6) is 5.75 Å². The zero-order valence-electron chi connectivity index (χ0n) is 16.1. The van der Waals surface area contributed by atoms with E-state index in [-0.39, 0.29) is 12.5 Å². The highest BCUT2D eigenvalue weighted by molar-refractivity contribution is 7.15. The van der Waals surface area contributed by atoms with Gasteiger partial charge in [0.15, 0.2) is 0 Å². The molecular formula is C21H21NO4S2. The molecule has 28 heavy (non-hydrogen) atoms. The first-order valence-corrected chi connectivity index (χ1v) is 10.5. The average Bonchev–Trinajstić information content (AvgIpc) is 3.26. The van der Waals surface area contributed by atoms with Crippen molar-refractivity contribution in [3.8, 4) is 16.9 Å². The summed E-state index contributed by atoms with van der Waals surface area (Å²) in [6.45, 7) is 5.91. The van der Waals surface area contributed by atoms with Gasteiger partial charge in [0.25, 0.3) is 5.91 Å². The molecule has 0 atom stereocenters. The molecular weight excluding hydrogens is 394 g/mol. The van der Waals surface area contributed by atoms with Gasteiger partial charge in [-0.2, -0.15) is 0 Å². The number of methoxy groups -OCH3 is 1. The Morgan fingerprint density at radius 3 is 2.36 bits per heavy atom. The number of carbonyl (C=O) groups is 2. The van der Waals surface area contributed by atoms with Crippen molar-refractivity contribution in [2.24, 2.45) is 0 Å². The highest BCUT2D eigenvalue weighted by atomic mass is 32.1. The molecule has 5 nitrogen and oxygen atoms in total. The summed E-state index contributed by atoms with van der Waals surface area (Å²) in [7, 11) is 1.60. The third-order valence-corrected chi connectivity index (χ3v) is 6.34. The first-order chi connectivity index (χ1) is 13.5. The Labute approximate surface area is 171 Å². The number of carbonyl (C=O) groups excluding carboxylic acids is 2. The minimum atomic E-state index is -0.455. The van der Waals surface area contributed by atoms with Crippen LogP contribution in [0.25, 0.3) is 11.1 Å². The smallest absolute Gasteiger partial charge is 0.341 e. The molecule has 7 heteroatoms. The van der Waals surface area contributed by atoms with Crippen molar-refractivity contribution >= 4 is 39.6 Å². The molecule has 2 aromatic heterocycles. The number of nitrogens with one attached hydrogen (secondary N) is 1. The van der Waals surface area contributed by atoms with Gasteiger partial charge in [-0.05, 0) is 44.0 Å². The number of aryl methyl sites for hydroxylation is 1. The van der Waals surface area contributed by atoms with Crippen molar-refractivity contribution in [3.63, 3.8) is 0 Å². The second-order valence-corrected chi connectivity index (χ2v) is 8.05. The van der Waals surface area contributed by atoms with Crippen LogP contribution in [0.3, 0.4) is 0 Å². The largest absolute Gasteiger partial charge is 0.497 e. The van der Waals surface area contributed by atoms with Gasteiger partial charge in [-0.15, -0.1) is 22.7 Å². The summed E-state index contributed by atoms with van der Waals surface area (Å²) in [6.07, 6.45) is 0. The highest BCUT2D eigenvalue weighted by Gasteiger charge is 2.24. The Balaban J connectivity index is 1.98. The van der Waals surface area contributed by atoms with Crippen LogP contribution in [-0.2, 0) is 4.74 Å². The van der Waals surface area contributed by atoms with E-state index in [1.54, 1.807) is 14.0 Å². The second-order valence-electron chi connectivity index (χ2n) is 6.09. The van der Waals surface area contributed by atoms with Crippen LogP contribution >= 0.6 is 22.7 Å². The molecule has 0 aliphatic heterocycles. The second kappa shape index (κ2) is 8.58. The molecule has 0 saturated heterocycles. The van der Waals surface area contributed by atoms with E-state index in [1.807, 2.05) is 48.9 Å². The molecule has 0 spiro atoms. The van der Waals surface area contributed by atoms with Crippen LogP contribution in [0.2, 0.25) is 0 Å². The highest BCUT2D eigenvalue weighted by Crippen LogP contribution is 2.37. The Kier molecular flexibility index (Phi) is 6.16. The molecule has 146 valence electrons. The standard InChI is InChI=1S/C21H21NO4S2/c1-5-26-21(24)18-17(14-6-8-15(25-4)9-7-14)11-28-20(18)22-19(23)16-10-27-13(3)12(16)2/h6-11H,5H2,1-4H3,(H,22,23). The van der Waals surface area contributed by atoms with E-state index in [0.29, 0.717) is 16.1 Å². The molecule has 3 aromatic rings. The van der Waals surface area contributed by atoms with E-state index >= 15 is 0 Å². The first kappa shape index (κ1) is 20.1. The Morgan fingerprint density at radius 2 is 1.79 bits per heavy atom. The zero-order valence-corrected chi connectivity index (χ0v) is 17.8. The Hall–Kier alpha value is -2.64. The van der Waals surface area contributed by atoms with E-state index in [1.165, 1.54) is 22.7 Å². The number of rotatable bonds is 6. The molecule has 1 aromatic carbocycles. The summed E-state index contributed by atoms with van der Waals surface area (Å²) in [5.74, 6) is 0.0483. The quantitative estimate of drug-likeness (QED) is 0.538. The fraction of sp³-hybridized carbons (Fsp3) is 0.238. The van der Waals surface area contributed by atoms with Gasteiger partial charge in [-0.3, -0.25) is 4.79 Å². The monoisotopic (exact) mass is 415 g/mol. The van der Waals surface area contributed by atoms with E-state index in [9.17, 15) is 9.59 Å². The molecule has 0 aliphatic rings. The van der Waals surface area contributed by atoms with Crippen molar-refractivity contribution in [1.29, 1.82) is 0 Å². The van der Waals surface area contributed by atoms with Gasteiger partial charge in [0.1, 0.15) is 16.3 Å². The lowest BCUT2D eigenvalue weighted by Gasteiger charge is -2.09. The minimum Gasteiger partial charge on any atom is -0.497 e. The van der Waals surface area contributed by atoms with Gasteiger partial charge >= 0.3 is 5.97 Å². The molecule has 3 rings (SSSR count). The van der Waals surface area contributed by atoms with Crippen LogP contribution < -0.4 is 10.1 Å². The van der Waals surface area contributed by atoms with Crippen LogP contribution in [0.15, 0.2) is 35.0 Å². The summed E-state index contributed by atoms with van der Waals surface area (Å²) in [6, 6.07) is 7.42. The predicted octanol–water partition coefficient (Wildman–Crippen LogP) is 5.53. The van der Waals surface area contributed by atoms with Gasteiger partial charge in [0, 0.05) is 21.2 Å². The maximum absolute atomic E-state index is 12.7. The van der Waals surface area contributed by atoms with E-state index in [0.717, 1.165) is 27.3 Å². The van der Waals surface area contributed by atoms with Crippen molar-refractivity contribution in [2.45, 2.75) is 20.8 Å². The zero-order chi connectivity index (χ0) is 20.3. The molecule has 0 fully saturated rings.